The first-order valence-electron chi connectivity index (χ1n) is 4.09. The predicted octanol–water partition coefficient (Wildman–Crippen LogP) is 1.01. The number of aromatic hydroxyl groups is 1. The maximum Gasteiger partial charge on any atom is 0.345 e. The highest BCUT2D eigenvalue weighted by Crippen LogP contribution is 2.03. The minimum atomic E-state index is -0.754. The topological polar surface area (TPSA) is 80.7 Å². The molecule has 0 aliphatic heterocycles. The minimum absolute atomic E-state index is 0.244. The molecular formula is C10H6O5. The van der Waals surface area contributed by atoms with Crippen molar-refractivity contribution >= 4 is 10.8 Å². The molecule has 2 aromatic heterocycles. The van der Waals surface area contributed by atoms with Gasteiger partial charge in [0, 0.05) is 0 Å². The Morgan fingerprint density at radius 1 is 0.933 bits per heavy atom. The summed E-state index contributed by atoms with van der Waals surface area (Å²) < 4.78 is 8.99. The molecule has 0 saturated heterocycles. The first-order valence-corrected chi connectivity index (χ1v) is 4.09. The molecule has 3 aromatic rings. The van der Waals surface area contributed by atoms with E-state index in [1.54, 1.807) is 0 Å². The Hall–Kier alpha value is -2.30. The number of rotatable bonds is 0. The molecule has 0 spiro atoms. The Labute approximate surface area is 82.9 Å². The van der Waals surface area contributed by atoms with Crippen molar-refractivity contribution in [3.05, 3.63) is 51.4 Å². The molecule has 76 valence electrons. The zero-order valence-electron chi connectivity index (χ0n) is 7.47. The monoisotopic (exact) mass is 206 g/mol. The number of benzene rings is 1. The molecule has 15 heavy (non-hydrogen) atoms. The Kier molecular flexibility index (Phi) is 2.13. The van der Waals surface area contributed by atoms with Crippen LogP contribution in [0.5, 0.6) is 5.95 Å². The SMILES string of the molecule is O=c1occ(O)oc(=O)c2ccc1cc2. The molecule has 5 nitrogen and oxygen atoms in total. The third kappa shape index (κ3) is 1.80. The fourth-order valence-corrected chi connectivity index (χ4v) is 1.09. The molecule has 0 amide bonds. The summed E-state index contributed by atoms with van der Waals surface area (Å²) in [5.74, 6) is -0.754. The van der Waals surface area contributed by atoms with Crippen LogP contribution >= 0.6 is 0 Å². The standard InChI is InChI=1S/C10H6O5/c11-8-5-14-9(12)6-1-3-7(4-2-6)10(13)15-8/h1-5,11H. The van der Waals surface area contributed by atoms with Gasteiger partial charge in [-0.1, -0.05) is 0 Å². The second-order valence-electron chi connectivity index (χ2n) is 2.83. The van der Waals surface area contributed by atoms with E-state index in [1.165, 1.54) is 24.3 Å². The zero-order valence-corrected chi connectivity index (χ0v) is 7.47. The molecule has 0 fully saturated rings. The van der Waals surface area contributed by atoms with Crippen LogP contribution in [0.2, 0.25) is 0 Å². The van der Waals surface area contributed by atoms with Gasteiger partial charge in [-0.15, -0.1) is 0 Å². The summed E-state index contributed by atoms with van der Waals surface area (Å²) in [6, 6.07) is 5.71. The van der Waals surface area contributed by atoms with Crippen LogP contribution < -0.4 is 11.3 Å². The molecular weight excluding hydrogens is 200 g/mol. The van der Waals surface area contributed by atoms with Crippen LogP contribution in [-0.2, 0) is 0 Å². The normalized spacial score (nSPS) is 10.1. The minimum Gasteiger partial charge on any atom is -0.478 e. The summed E-state index contributed by atoms with van der Waals surface area (Å²) in [7, 11) is 0. The summed E-state index contributed by atoms with van der Waals surface area (Å²) in [4.78, 5) is 22.5. The molecule has 2 heterocycles. The van der Waals surface area contributed by atoms with E-state index in [-0.39, 0.29) is 10.8 Å². The van der Waals surface area contributed by atoms with Crippen molar-refractivity contribution < 1.29 is 13.9 Å². The lowest BCUT2D eigenvalue weighted by molar-refractivity contribution is 0.295. The fourth-order valence-electron chi connectivity index (χ4n) is 1.09. The van der Waals surface area contributed by atoms with Crippen LogP contribution in [0.15, 0.2) is 49.0 Å². The molecule has 5 heteroatoms. The second kappa shape index (κ2) is 3.45. The molecule has 1 aromatic carbocycles. The summed E-state index contributed by atoms with van der Waals surface area (Å²) in [6.45, 7) is 0. The van der Waals surface area contributed by atoms with Crippen molar-refractivity contribution in [3.8, 4) is 5.95 Å². The lowest BCUT2D eigenvalue weighted by atomic mass is 10.2. The highest BCUT2D eigenvalue weighted by atomic mass is 16.5. The highest BCUT2D eigenvalue weighted by molar-refractivity contribution is 5.60. The fraction of sp³-hybridized carbons (Fsp3) is 0. The van der Waals surface area contributed by atoms with Crippen LogP contribution in [0.1, 0.15) is 0 Å². The number of fused-ring (bicyclic) bond motifs is 7. The van der Waals surface area contributed by atoms with Gasteiger partial charge in [-0.05, 0) is 24.3 Å². The van der Waals surface area contributed by atoms with Gasteiger partial charge in [0.15, 0.2) is 6.26 Å². The van der Waals surface area contributed by atoms with E-state index in [2.05, 4.69) is 8.83 Å². The summed E-state index contributed by atoms with van der Waals surface area (Å²) >= 11 is 0. The molecule has 0 atom stereocenters. The van der Waals surface area contributed by atoms with E-state index in [0.717, 1.165) is 0 Å². The van der Waals surface area contributed by atoms with E-state index in [1.807, 2.05) is 0 Å². The van der Waals surface area contributed by atoms with Crippen molar-refractivity contribution in [2.24, 2.45) is 0 Å². The van der Waals surface area contributed by atoms with Gasteiger partial charge in [0.05, 0.1) is 10.8 Å². The zero-order chi connectivity index (χ0) is 10.8. The molecule has 0 unspecified atom stereocenters. The van der Waals surface area contributed by atoms with E-state index in [4.69, 9.17) is 5.11 Å². The Morgan fingerprint density at radius 3 is 2.07 bits per heavy atom. The van der Waals surface area contributed by atoms with Gasteiger partial charge in [-0.25, -0.2) is 9.59 Å². The first kappa shape index (κ1) is 9.26. The van der Waals surface area contributed by atoms with Gasteiger partial charge in [-0.2, -0.15) is 0 Å². The Balaban J connectivity index is 3.03. The first-order chi connectivity index (χ1) is 7.16. The van der Waals surface area contributed by atoms with E-state index in [9.17, 15) is 9.59 Å². The van der Waals surface area contributed by atoms with Crippen molar-refractivity contribution in [1.29, 1.82) is 0 Å². The van der Waals surface area contributed by atoms with Crippen molar-refractivity contribution in [3.63, 3.8) is 0 Å². The summed E-state index contributed by atoms with van der Waals surface area (Å²) in [5.41, 5.74) is -1.35. The van der Waals surface area contributed by atoms with Crippen LogP contribution in [0.4, 0.5) is 0 Å². The highest BCUT2D eigenvalue weighted by Gasteiger charge is 1.96. The van der Waals surface area contributed by atoms with Crippen LogP contribution in [-0.4, -0.2) is 5.11 Å². The van der Waals surface area contributed by atoms with Crippen LogP contribution in [0.25, 0.3) is 10.8 Å². The van der Waals surface area contributed by atoms with Crippen LogP contribution in [0.3, 0.4) is 0 Å². The van der Waals surface area contributed by atoms with E-state index < -0.39 is 17.2 Å². The smallest absolute Gasteiger partial charge is 0.345 e. The quantitative estimate of drug-likeness (QED) is 0.695. The van der Waals surface area contributed by atoms with E-state index in [0.29, 0.717) is 6.26 Å². The Bertz CT molecular complexity index is 615. The molecule has 0 aliphatic rings. The van der Waals surface area contributed by atoms with Gasteiger partial charge in [0.2, 0.25) is 0 Å². The molecule has 0 aliphatic carbocycles. The van der Waals surface area contributed by atoms with Crippen molar-refractivity contribution in [2.45, 2.75) is 0 Å². The van der Waals surface area contributed by atoms with Crippen LogP contribution in [0, 0.1) is 0 Å². The molecule has 3 rings (SSSR count). The number of hydrogen-bond acceptors (Lipinski definition) is 5. The third-order valence-corrected chi connectivity index (χ3v) is 1.82. The van der Waals surface area contributed by atoms with E-state index >= 15 is 0 Å². The van der Waals surface area contributed by atoms with Crippen molar-refractivity contribution in [1.82, 2.24) is 0 Å². The Morgan fingerprint density at radius 2 is 1.47 bits per heavy atom. The lowest BCUT2D eigenvalue weighted by Crippen LogP contribution is -1.99. The number of hydrogen-bond donors (Lipinski definition) is 1. The van der Waals surface area contributed by atoms with Gasteiger partial charge < -0.3 is 13.9 Å². The predicted molar refractivity (Wildman–Crippen MR) is 51.5 cm³/mol. The average Bonchev–Trinajstić information content (AvgIpc) is 2.25. The average molecular weight is 206 g/mol. The van der Waals surface area contributed by atoms with Gasteiger partial charge >= 0.3 is 17.2 Å². The third-order valence-electron chi connectivity index (χ3n) is 1.82. The van der Waals surface area contributed by atoms with Gasteiger partial charge in [-0.3, -0.25) is 0 Å². The lowest BCUT2D eigenvalue weighted by Gasteiger charge is -1.88. The second-order valence-corrected chi connectivity index (χ2v) is 2.83. The van der Waals surface area contributed by atoms with Gasteiger partial charge in [0.1, 0.15) is 0 Å². The summed E-state index contributed by atoms with van der Waals surface area (Å²) in [6.07, 6.45) is 0.677. The molecule has 0 saturated carbocycles. The molecule has 1 N–H and O–H groups in total. The maximum absolute atomic E-state index is 11.3. The maximum atomic E-state index is 11.3. The largest absolute Gasteiger partial charge is 0.478 e. The van der Waals surface area contributed by atoms with Crippen molar-refractivity contribution in [2.75, 3.05) is 0 Å². The summed E-state index contributed by atoms with van der Waals surface area (Å²) in [5, 5.41) is 9.55. The molecule has 0 radical (unpaired) electrons. The molecule has 2 bridgehead atoms. The van der Waals surface area contributed by atoms with Gasteiger partial charge in [0.25, 0.3) is 0 Å².